The molecule has 1 N–H and O–H groups in total. The summed E-state index contributed by atoms with van der Waals surface area (Å²) in [5, 5.41) is 15.1. The van der Waals surface area contributed by atoms with E-state index in [-0.39, 0.29) is 11.3 Å². The molecular weight excluding hydrogens is 236 g/mol. The highest BCUT2D eigenvalue weighted by Gasteiger charge is 2.27. The average molecular weight is 258 g/mol. The lowest BCUT2D eigenvalue weighted by Gasteiger charge is -2.18. The standard InChI is InChI=1S/C16H22N2O/c1-6-12-14(16(3,4)5)15(19)18(17-12)13-10-8-7-9-11(13)2/h7-10,19H,6H2,1-5H3. The van der Waals surface area contributed by atoms with Gasteiger partial charge in [0.05, 0.1) is 11.4 Å². The molecule has 0 fully saturated rings. The molecule has 102 valence electrons. The Morgan fingerprint density at radius 1 is 1.21 bits per heavy atom. The van der Waals surface area contributed by atoms with Crippen LogP contribution in [0.3, 0.4) is 0 Å². The van der Waals surface area contributed by atoms with Crippen molar-refractivity contribution >= 4 is 0 Å². The van der Waals surface area contributed by atoms with Crippen LogP contribution in [0.4, 0.5) is 0 Å². The fourth-order valence-electron chi connectivity index (χ4n) is 2.44. The van der Waals surface area contributed by atoms with Crippen molar-refractivity contribution in [3.8, 4) is 11.6 Å². The van der Waals surface area contributed by atoms with Crippen LogP contribution in [0, 0.1) is 6.92 Å². The fraction of sp³-hybridized carbons (Fsp3) is 0.438. The van der Waals surface area contributed by atoms with Crippen LogP contribution >= 0.6 is 0 Å². The second-order valence-electron chi connectivity index (χ2n) is 5.95. The third-order valence-electron chi connectivity index (χ3n) is 3.36. The van der Waals surface area contributed by atoms with Crippen molar-refractivity contribution < 1.29 is 5.11 Å². The van der Waals surface area contributed by atoms with E-state index in [1.165, 1.54) is 0 Å². The van der Waals surface area contributed by atoms with Crippen molar-refractivity contribution in [2.75, 3.05) is 0 Å². The first-order valence-corrected chi connectivity index (χ1v) is 6.73. The van der Waals surface area contributed by atoms with E-state index in [0.717, 1.165) is 28.9 Å². The van der Waals surface area contributed by atoms with Crippen molar-refractivity contribution in [1.29, 1.82) is 0 Å². The molecule has 0 aliphatic carbocycles. The second kappa shape index (κ2) is 4.72. The molecule has 3 heteroatoms. The van der Waals surface area contributed by atoms with Gasteiger partial charge in [-0.1, -0.05) is 45.9 Å². The number of hydrogen-bond acceptors (Lipinski definition) is 2. The van der Waals surface area contributed by atoms with Gasteiger partial charge in [0.15, 0.2) is 0 Å². The summed E-state index contributed by atoms with van der Waals surface area (Å²) in [4.78, 5) is 0. The number of aromatic nitrogens is 2. The molecule has 1 aromatic heterocycles. The Labute approximate surface area is 114 Å². The molecule has 0 bridgehead atoms. The number of nitrogens with zero attached hydrogens (tertiary/aromatic N) is 2. The zero-order valence-electron chi connectivity index (χ0n) is 12.4. The molecule has 0 aliphatic rings. The van der Waals surface area contributed by atoms with Crippen molar-refractivity contribution in [3.63, 3.8) is 0 Å². The van der Waals surface area contributed by atoms with Crippen LogP contribution in [-0.2, 0) is 11.8 Å². The molecule has 0 atom stereocenters. The molecule has 19 heavy (non-hydrogen) atoms. The highest BCUT2D eigenvalue weighted by molar-refractivity contribution is 5.47. The first-order chi connectivity index (χ1) is 8.86. The van der Waals surface area contributed by atoms with Crippen molar-refractivity contribution in [2.24, 2.45) is 0 Å². The first kappa shape index (κ1) is 13.7. The largest absolute Gasteiger partial charge is 0.493 e. The van der Waals surface area contributed by atoms with E-state index < -0.39 is 0 Å². The van der Waals surface area contributed by atoms with Gasteiger partial charge < -0.3 is 5.11 Å². The van der Waals surface area contributed by atoms with Gasteiger partial charge in [0, 0.05) is 5.56 Å². The molecule has 2 rings (SSSR count). The Morgan fingerprint density at radius 3 is 2.32 bits per heavy atom. The molecule has 0 saturated heterocycles. The van der Waals surface area contributed by atoms with Gasteiger partial charge in [0.1, 0.15) is 0 Å². The van der Waals surface area contributed by atoms with E-state index in [2.05, 4.69) is 32.8 Å². The van der Waals surface area contributed by atoms with Crippen molar-refractivity contribution in [3.05, 3.63) is 41.1 Å². The quantitative estimate of drug-likeness (QED) is 0.891. The van der Waals surface area contributed by atoms with Crippen LogP contribution in [0.1, 0.15) is 44.5 Å². The Kier molecular flexibility index (Phi) is 3.40. The third-order valence-corrected chi connectivity index (χ3v) is 3.36. The predicted octanol–water partition coefficient (Wildman–Crippen LogP) is 3.75. The fourth-order valence-corrected chi connectivity index (χ4v) is 2.44. The third kappa shape index (κ3) is 2.37. The van der Waals surface area contributed by atoms with Crippen molar-refractivity contribution in [1.82, 2.24) is 9.78 Å². The molecule has 0 spiro atoms. The number of para-hydroxylation sites is 1. The van der Waals surface area contributed by atoms with E-state index in [1.807, 2.05) is 31.2 Å². The zero-order chi connectivity index (χ0) is 14.2. The summed E-state index contributed by atoms with van der Waals surface area (Å²) in [6, 6.07) is 7.96. The minimum absolute atomic E-state index is 0.115. The average Bonchev–Trinajstić information content (AvgIpc) is 2.66. The summed E-state index contributed by atoms with van der Waals surface area (Å²) in [7, 11) is 0. The molecule has 0 amide bonds. The van der Waals surface area contributed by atoms with E-state index in [0.29, 0.717) is 0 Å². The van der Waals surface area contributed by atoms with Gasteiger partial charge in [-0.25, -0.2) is 4.68 Å². The van der Waals surface area contributed by atoms with Gasteiger partial charge in [0.2, 0.25) is 5.88 Å². The molecule has 0 radical (unpaired) electrons. The van der Waals surface area contributed by atoms with Gasteiger partial charge in [-0.3, -0.25) is 0 Å². The highest BCUT2D eigenvalue weighted by atomic mass is 16.3. The van der Waals surface area contributed by atoms with Gasteiger partial charge >= 0.3 is 0 Å². The minimum atomic E-state index is -0.115. The lowest BCUT2D eigenvalue weighted by molar-refractivity contribution is 0.413. The Hall–Kier alpha value is -1.77. The SMILES string of the molecule is CCc1nn(-c2ccccc2C)c(O)c1C(C)(C)C. The molecule has 2 aromatic rings. The number of rotatable bonds is 2. The van der Waals surface area contributed by atoms with E-state index >= 15 is 0 Å². The molecule has 1 aromatic carbocycles. The zero-order valence-corrected chi connectivity index (χ0v) is 12.4. The molecule has 3 nitrogen and oxygen atoms in total. The van der Waals surface area contributed by atoms with Crippen LogP contribution in [0.5, 0.6) is 5.88 Å². The Balaban J connectivity index is 2.68. The highest BCUT2D eigenvalue weighted by Crippen LogP contribution is 2.35. The topological polar surface area (TPSA) is 38.0 Å². The van der Waals surface area contributed by atoms with Gasteiger partial charge in [-0.05, 0) is 30.4 Å². The number of aryl methyl sites for hydroxylation is 2. The van der Waals surface area contributed by atoms with Gasteiger partial charge in [-0.15, -0.1) is 0 Å². The van der Waals surface area contributed by atoms with E-state index in [1.54, 1.807) is 4.68 Å². The number of hydrogen-bond donors (Lipinski definition) is 1. The summed E-state index contributed by atoms with van der Waals surface area (Å²) in [6.07, 6.45) is 0.818. The van der Waals surface area contributed by atoms with Gasteiger partial charge in [0.25, 0.3) is 0 Å². The van der Waals surface area contributed by atoms with E-state index in [9.17, 15) is 5.11 Å². The summed E-state index contributed by atoms with van der Waals surface area (Å²) in [6.45, 7) is 10.4. The Bertz CT molecular complexity index is 591. The summed E-state index contributed by atoms with van der Waals surface area (Å²) in [5.41, 5.74) is 3.83. The maximum atomic E-state index is 10.6. The van der Waals surface area contributed by atoms with E-state index in [4.69, 9.17) is 0 Å². The van der Waals surface area contributed by atoms with Crippen LogP contribution in [0.2, 0.25) is 0 Å². The smallest absolute Gasteiger partial charge is 0.218 e. The molecule has 0 aliphatic heterocycles. The summed E-state index contributed by atoms with van der Waals surface area (Å²) >= 11 is 0. The monoisotopic (exact) mass is 258 g/mol. The van der Waals surface area contributed by atoms with Crippen LogP contribution in [0.15, 0.2) is 24.3 Å². The van der Waals surface area contributed by atoms with Crippen LogP contribution in [0.25, 0.3) is 5.69 Å². The lowest BCUT2D eigenvalue weighted by atomic mass is 9.86. The maximum absolute atomic E-state index is 10.6. The maximum Gasteiger partial charge on any atom is 0.218 e. The lowest BCUT2D eigenvalue weighted by Crippen LogP contribution is -2.12. The first-order valence-electron chi connectivity index (χ1n) is 6.73. The number of aromatic hydroxyl groups is 1. The summed E-state index contributed by atoms with van der Waals surface area (Å²) in [5.74, 6) is 0.263. The second-order valence-corrected chi connectivity index (χ2v) is 5.95. The van der Waals surface area contributed by atoms with Crippen LogP contribution < -0.4 is 0 Å². The molecule has 0 saturated carbocycles. The summed E-state index contributed by atoms with van der Waals surface area (Å²) < 4.78 is 1.66. The number of benzene rings is 1. The predicted molar refractivity (Wildman–Crippen MR) is 78.0 cm³/mol. The van der Waals surface area contributed by atoms with Crippen LogP contribution in [-0.4, -0.2) is 14.9 Å². The Morgan fingerprint density at radius 2 is 1.84 bits per heavy atom. The minimum Gasteiger partial charge on any atom is -0.493 e. The normalized spacial score (nSPS) is 11.8. The van der Waals surface area contributed by atoms with Gasteiger partial charge in [-0.2, -0.15) is 5.10 Å². The molecule has 1 heterocycles. The molecular formula is C16H22N2O. The molecule has 0 unspecified atom stereocenters. The van der Waals surface area contributed by atoms with Crippen molar-refractivity contribution in [2.45, 2.75) is 46.5 Å².